The maximum Gasteiger partial charge on any atom is 0.233 e. The van der Waals surface area contributed by atoms with Gasteiger partial charge in [-0.25, -0.2) is 0 Å². The van der Waals surface area contributed by atoms with Crippen LogP contribution < -0.4 is 0 Å². The molecular weight excluding hydrogens is 271 g/mol. The quantitative estimate of drug-likeness (QED) is 0.415. The molecule has 0 radical (unpaired) electrons. The number of halogens is 2. The number of carbonyl (C=O) groups is 2. The number of hydrogen-bond donors (Lipinski definition) is 0. The van der Waals surface area contributed by atoms with E-state index in [2.05, 4.69) is 0 Å². The van der Waals surface area contributed by atoms with Gasteiger partial charge in [-0.15, -0.1) is 11.6 Å². The van der Waals surface area contributed by atoms with Gasteiger partial charge < -0.3 is 0 Å². The van der Waals surface area contributed by atoms with Crippen LogP contribution in [0.2, 0.25) is 5.02 Å². The van der Waals surface area contributed by atoms with Gasteiger partial charge in [0.15, 0.2) is 0 Å². The van der Waals surface area contributed by atoms with Crippen LogP contribution in [0.4, 0.5) is 0 Å². The molecule has 1 aromatic rings. The van der Waals surface area contributed by atoms with Crippen LogP contribution in [-0.2, 0) is 4.79 Å². The lowest BCUT2D eigenvalue weighted by molar-refractivity contribution is -0.112. The van der Waals surface area contributed by atoms with Gasteiger partial charge in [-0.2, -0.15) is 0 Å². The van der Waals surface area contributed by atoms with Gasteiger partial charge in [0.2, 0.25) is 11.6 Å². The number of fused-ring (bicyclic) bond motifs is 3. The van der Waals surface area contributed by atoms with Crippen LogP contribution in [0.15, 0.2) is 42.0 Å². The van der Waals surface area contributed by atoms with Crippen LogP contribution in [0.1, 0.15) is 21.8 Å². The summed E-state index contributed by atoms with van der Waals surface area (Å²) < 4.78 is 0. The van der Waals surface area contributed by atoms with Gasteiger partial charge in [0, 0.05) is 22.1 Å². The third-order valence-corrected chi connectivity index (χ3v) is 3.73. The Labute approximate surface area is 114 Å². The fourth-order valence-electron chi connectivity index (χ4n) is 2.39. The molecule has 2 unspecified atom stereocenters. The van der Waals surface area contributed by atoms with Gasteiger partial charge in [-0.1, -0.05) is 35.9 Å². The minimum absolute atomic E-state index is 0.183. The van der Waals surface area contributed by atoms with E-state index in [1.54, 1.807) is 24.3 Å². The summed E-state index contributed by atoms with van der Waals surface area (Å²) in [6.45, 7) is 0. The number of carbonyl (C=O) groups excluding carboxylic acids is 2. The topological polar surface area (TPSA) is 34.1 Å². The molecule has 0 fully saturated rings. The molecule has 18 heavy (non-hydrogen) atoms. The molecule has 0 saturated heterocycles. The predicted octanol–water partition coefficient (Wildman–Crippen LogP) is 3.29. The highest BCUT2D eigenvalue weighted by molar-refractivity contribution is 6.51. The Balaban J connectivity index is 2.24. The summed E-state index contributed by atoms with van der Waals surface area (Å²) in [5.74, 6) is -1.17. The molecule has 0 spiro atoms. The zero-order valence-electron chi connectivity index (χ0n) is 9.19. The van der Waals surface area contributed by atoms with E-state index in [1.165, 1.54) is 0 Å². The van der Waals surface area contributed by atoms with Crippen molar-refractivity contribution in [3.8, 4) is 0 Å². The van der Waals surface area contributed by atoms with Gasteiger partial charge in [0.1, 0.15) is 0 Å². The second kappa shape index (κ2) is 4.08. The standard InChI is InChI=1S/C14H8Cl2O2/c15-7-1-3-9-10-4-2-8(16)6-12(10)14(18)13(17)11(9)5-7/h1-7,9H. The Hall–Kier alpha value is -1.38. The van der Waals surface area contributed by atoms with Crippen molar-refractivity contribution >= 4 is 34.8 Å². The third-order valence-electron chi connectivity index (χ3n) is 3.22. The number of rotatable bonds is 0. The van der Waals surface area contributed by atoms with E-state index in [1.807, 2.05) is 12.2 Å². The average Bonchev–Trinajstić information content (AvgIpc) is 2.36. The van der Waals surface area contributed by atoms with E-state index in [0.717, 1.165) is 5.56 Å². The molecule has 0 heterocycles. The van der Waals surface area contributed by atoms with Crippen molar-refractivity contribution in [2.75, 3.05) is 0 Å². The maximum absolute atomic E-state index is 12.0. The van der Waals surface area contributed by atoms with Crippen LogP contribution in [0.5, 0.6) is 0 Å². The first-order valence-electron chi connectivity index (χ1n) is 5.50. The second-order valence-corrected chi connectivity index (χ2v) is 5.26. The predicted molar refractivity (Wildman–Crippen MR) is 70.4 cm³/mol. The molecule has 2 atom stereocenters. The Bertz CT molecular complexity index is 629. The lowest BCUT2D eigenvalue weighted by atomic mass is 9.75. The van der Waals surface area contributed by atoms with E-state index in [0.29, 0.717) is 16.2 Å². The summed E-state index contributed by atoms with van der Waals surface area (Å²) in [4.78, 5) is 24.0. The molecule has 2 aliphatic carbocycles. The minimum Gasteiger partial charge on any atom is -0.285 e. The van der Waals surface area contributed by atoms with Gasteiger partial charge in [-0.3, -0.25) is 9.59 Å². The van der Waals surface area contributed by atoms with Crippen LogP contribution in [0.25, 0.3) is 0 Å². The van der Waals surface area contributed by atoms with E-state index in [4.69, 9.17) is 23.2 Å². The first kappa shape index (κ1) is 11.7. The lowest BCUT2D eigenvalue weighted by Gasteiger charge is -2.27. The van der Waals surface area contributed by atoms with E-state index in [9.17, 15) is 9.59 Å². The summed E-state index contributed by atoms with van der Waals surface area (Å²) in [6.07, 6.45) is 5.32. The van der Waals surface area contributed by atoms with Crippen LogP contribution in [0.3, 0.4) is 0 Å². The van der Waals surface area contributed by atoms with Crippen molar-refractivity contribution in [2.45, 2.75) is 11.3 Å². The number of ketones is 2. The van der Waals surface area contributed by atoms with Gasteiger partial charge in [0.25, 0.3) is 0 Å². The molecule has 1 aromatic carbocycles. The van der Waals surface area contributed by atoms with E-state index >= 15 is 0 Å². The van der Waals surface area contributed by atoms with Crippen molar-refractivity contribution in [1.82, 2.24) is 0 Å². The highest BCUT2D eigenvalue weighted by Gasteiger charge is 2.36. The Morgan fingerprint density at radius 1 is 1.06 bits per heavy atom. The van der Waals surface area contributed by atoms with E-state index < -0.39 is 11.6 Å². The van der Waals surface area contributed by atoms with Gasteiger partial charge in [-0.05, 0) is 17.7 Å². The van der Waals surface area contributed by atoms with E-state index in [-0.39, 0.29) is 11.3 Å². The smallest absolute Gasteiger partial charge is 0.233 e. The van der Waals surface area contributed by atoms with Crippen molar-refractivity contribution in [3.63, 3.8) is 0 Å². The molecule has 0 aromatic heterocycles. The molecule has 2 aliphatic rings. The maximum atomic E-state index is 12.0. The lowest BCUT2D eigenvalue weighted by Crippen LogP contribution is -2.29. The Kier molecular flexibility index (Phi) is 2.65. The van der Waals surface area contributed by atoms with Crippen molar-refractivity contribution in [2.24, 2.45) is 0 Å². The molecule has 3 rings (SSSR count). The molecule has 0 amide bonds. The number of Topliss-reactive ketones (excluding diaryl/α,β-unsaturated/α-hetero) is 2. The fraction of sp³-hybridized carbons (Fsp3) is 0.143. The summed E-state index contributed by atoms with van der Waals surface area (Å²) in [7, 11) is 0. The molecule has 4 heteroatoms. The monoisotopic (exact) mass is 278 g/mol. The molecule has 0 saturated carbocycles. The molecule has 0 aliphatic heterocycles. The first-order valence-corrected chi connectivity index (χ1v) is 6.32. The largest absolute Gasteiger partial charge is 0.285 e. The van der Waals surface area contributed by atoms with Crippen molar-refractivity contribution in [1.29, 1.82) is 0 Å². The van der Waals surface area contributed by atoms with Crippen LogP contribution in [-0.4, -0.2) is 16.9 Å². The normalized spacial score (nSPS) is 25.6. The number of hydrogen-bond acceptors (Lipinski definition) is 2. The summed E-state index contributed by atoms with van der Waals surface area (Å²) >= 11 is 11.8. The molecule has 2 nitrogen and oxygen atoms in total. The van der Waals surface area contributed by atoms with Crippen molar-refractivity contribution < 1.29 is 9.59 Å². The minimum atomic E-state index is -0.505. The number of alkyl halides is 1. The number of allylic oxidation sites excluding steroid dienone is 4. The van der Waals surface area contributed by atoms with Crippen molar-refractivity contribution in [3.05, 3.63) is 58.1 Å². The molecular formula is C14H8Cl2O2. The van der Waals surface area contributed by atoms with Gasteiger partial charge in [0.05, 0.1) is 5.38 Å². The fourth-order valence-corrected chi connectivity index (χ4v) is 2.78. The first-order chi connectivity index (χ1) is 8.58. The highest BCUT2D eigenvalue weighted by Crippen LogP contribution is 2.38. The third kappa shape index (κ3) is 1.64. The number of benzene rings is 1. The second-order valence-electron chi connectivity index (χ2n) is 4.32. The summed E-state index contributed by atoms with van der Waals surface area (Å²) in [6, 6.07) is 5.07. The molecule has 0 N–H and O–H groups in total. The SMILES string of the molecule is O=C1C(=O)c2cc(Cl)ccc2C2C=CC(Cl)C=C12. The Morgan fingerprint density at radius 2 is 1.83 bits per heavy atom. The van der Waals surface area contributed by atoms with Gasteiger partial charge >= 0.3 is 0 Å². The zero-order valence-corrected chi connectivity index (χ0v) is 10.7. The van der Waals surface area contributed by atoms with Crippen LogP contribution >= 0.6 is 23.2 Å². The zero-order chi connectivity index (χ0) is 12.9. The van der Waals surface area contributed by atoms with Crippen LogP contribution in [0, 0.1) is 0 Å². The molecule has 0 bridgehead atoms. The summed E-state index contributed by atoms with van der Waals surface area (Å²) in [5.41, 5.74) is 1.68. The molecule has 90 valence electrons. The highest BCUT2D eigenvalue weighted by atomic mass is 35.5. The summed E-state index contributed by atoms with van der Waals surface area (Å²) in [5, 5.41) is 0.124. The average molecular weight is 279 g/mol. The Morgan fingerprint density at radius 3 is 2.61 bits per heavy atom.